The normalized spacial score (nSPS) is 47.0. The minimum absolute atomic E-state index is 0.410. The molecule has 5 heterocycles. The van der Waals surface area contributed by atoms with Gasteiger partial charge in [0.05, 0.1) is 31.6 Å². The summed E-state index contributed by atoms with van der Waals surface area (Å²) in [6.07, 6.45) is -38.6. The second-order valence-corrected chi connectivity index (χ2v) is 16.5. The number of aliphatic hydroxyl groups is 9. The van der Waals surface area contributed by atoms with Gasteiger partial charge in [-0.2, -0.15) is 0 Å². The van der Waals surface area contributed by atoms with Gasteiger partial charge in [0.1, 0.15) is 97.5 Å². The second-order valence-electron chi connectivity index (χ2n) is 16.5. The number of rotatable bonds is 15. The number of hydrogen-bond acceptors (Lipinski definition) is 24. The van der Waals surface area contributed by atoms with Crippen molar-refractivity contribution in [3.63, 3.8) is 0 Å². The molecule has 0 aromatic carbocycles. The minimum atomic E-state index is -2.26. The summed E-state index contributed by atoms with van der Waals surface area (Å²) in [5.41, 5.74) is 5.63. The lowest BCUT2D eigenvalue weighted by molar-refractivity contribution is -0.388. The lowest BCUT2D eigenvalue weighted by atomic mass is 9.93. The molecule has 28 nitrogen and oxygen atoms in total. The number of carboxylic acids is 1. The van der Waals surface area contributed by atoms with E-state index in [1.165, 1.54) is 20.8 Å². The number of carbonyl (C=O) groups excluding carboxylic acids is 3. The first-order chi connectivity index (χ1) is 30.5. The summed E-state index contributed by atoms with van der Waals surface area (Å²) in [5, 5.41) is 115. The van der Waals surface area contributed by atoms with Crippen molar-refractivity contribution in [1.82, 2.24) is 16.0 Å². The van der Waals surface area contributed by atoms with E-state index in [0.29, 0.717) is 0 Å². The van der Waals surface area contributed by atoms with Gasteiger partial charge in [-0.3, -0.25) is 14.4 Å². The summed E-state index contributed by atoms with van der Waals surface area (Å²) >= 11 is 0. The molecule has 15 N–H and O–H groups in total. The number of ether oxygens (including phenoxy) is 10. The Labute approximate surface area is 371 Å². The SMILES string of the molecule is CC(=O)NC1[C@H](OC2[C@H](O[C@@H]3C(NC(C)=O)[C@H](O[C@@H]4C(NC(C)=O)[C@H](OCN)OC(C)[C@H]4O)O[C@@H](C)[C@H]3O[C@@H]3OC(CO)[C@@H](O)[C@H](O)C3O)OC(C(=O)O)[C@@H](O)[C@@H]2O)O[C@@H](C)[C@@H](O)[C@@H]1O. The van der Waals surface area contributed by atoms with Gasteiger partial charge in [0.2, 0.25) is 17.7 Å². The molecule has 374 valence electrons. The number of amides is 3. The fraction of sp³-hybridized carbons (Fsp3) is 0.892. The van der Waals surface area contributed by atoms with Gasteiger partial charge in [-0.25, -0.2) is 4.79 Å². The molecule has 0 spiro atoms. The van der Waals surface area contributed by atoms with Crippen molar-refractivity contribution in [2.45, 2.75) is 195 Å². The molecule has 3 amide bonds. The summed E-state index contributed by atoms with van der Waals surface area (Å²) in [5.74, 6) is -3.97. The lowest BCUT2D eigenvalue weighted by Gasteiger charge is -2.52. The van der Waals surface area contributed by atoms with E-state index in [0.717, 1.165) is 20.8 Å². The van der Waals surface area contributed by atoms with Crippen LogP contribution in [0.2, 0.25) is 0 Å². The summed E-state index contributed by atoms with van der Waals surface area (Å²) in [6, 6.07) is -4.58. The molecule has 5 saturated heterocycles. The number of carboxylic acid groups (broad SMARTS) is 1. The number of hydrogen-bond donors (Lipinski definition) is 14. The van der Waals surface area contributed by atoms with Crippen LogP contribution in [-0.4, -0.2) is 241 Å². The molecule has 0 saturated carbocycles. The lowest BCUT2D eigenvalue weighted by Crippen LogP contribution is -2.71. The molecule has 0 radical (unpaired) electrons. The van der Waals surface area contributed by atoms with Crippen LogP contribution < -0.4 is 21.7 Å². The van der Waals surface area contributed by atoms with Gasteiger partial charge in [-0.15, -0.1) is 0 Å². The molecule has 0 bridgehead atoms. The highest BCUT2D eigenvalue weighted by Gasteiger charge is 2.58. The Bertz CT molecular complexity index is 1620. The first-order valence-corrected chi connectivity index (χ1v) is 20.8. The fourth-order valence-electron chi connectivity index (χ4n) is 8.28. The molecular weight excluding hydrogens is 884 g/mol. The maximum atomic E-state index is 13.1. The number of nitrogens with two attached hydrogens (primary N) is 1. The van der Waals surface area contributed by atoms with E-state index in [-0.39, 0.29) is 0 Å². The van der Waals surface area contributed by atoms with E-state index in [2.05, 4.69) is 16.0 Å². The van der Waals surface area contributed by atoms with Gasteiger partial charge in [-0.05, 0) is 20.8 Å². The molecule has 0 aromatic rings. The van der Waals surface area contributed by atoms with Crippen molar-refractivity contribution in [2.75, 3.05) is 13.3 Å². The van der Waals surface area contributed by atoms with E-state index in [4.69, 9.17) is 53.1 Å². The average molecular weight is 947 g/mol. The molecule has 25 atom stereocenters. The highest BCUT2D eigenvalue weighted by Crippen LogP contribution is 2.37. The average Bonchev–Trinajstić information content (AvgIpc) is 3.23. The molecule has 5 aliphatic rings. The van der Waals surface area contributed by atoms with Crippen LogP contribution in [0.3, 0.4) is 0 Å². The van der Waals surface area contributed by atoms with Crippen LogP contribution in [0.5, 0.6) is 0 Å². The van der Waals surface area contributed by atoms with Crippen molar-refractivity contribution in [1.29, 1.82) is 0 Å². The van der Waals surface area contributed by atoms with Crippen molar-refractivity contribution < 1.29 is 118 Å². The number of nitrogens with one attached hydrogen (secondary N) is 3. The maximum absolute atomic E-state index is 13.1. The quantitative estimate of drug-likeness (QED) is 0.0678. The number of aliphatic carboxylic acids is 1. The smallest absolute Gasteiger partial charge is 0.335 e. The van der Waals surface area contributed by atoms with E-state index in [1.54, 1.807) is 0 Å². The van der Waals surface area contributed by atoms with Crippen molar-refractivity contribution in [3.05, 3.63) is 0 Å². The predicted molar refractivity (Wildman–Crippen MR) is 206 cm³/mol. The van der Waals surface area contributed by atoms with Crippen molar-refractivity contribution >= 4 is 23.7 Å². The highest BCUT2D eigenvalue weighted by molar-refractivity contribution is 5.74. The molecule has 28 heteroatoms. The Hall–Kier alpha value is -2.92. The third kappa shape index (κ3) is 11.9. The summed E-state index contributed by atoms with van der Waals surface area (Å²) in [4.78, 5) is 50.2. The minimum Gasteiger partial charge on any atom is -0.479 e. The van der Waals surface area contributed by atoms with Gasteiger partial charge in [0.15, 0.2) is 37.6 Å². The Balaban J connectivity index is 1.61. The summed E-state index contributed by atoms with van der Waals surface area (Å²) in [7, 11) is 0. The molecule has 5 fully saturated rings. The van der Waals surface area contributed by atoms with Gasteiger partial charge >= 0.3 is 5.97 Å². The Morgan fingerprint density at radius 1 is 0.492 bits per heavy atom. The van der Waals surface area contributed by atoms with E-state index >= 15 is 0 Å². The number of carbonyl (C=O) groups is 4. The summed E-state index contributed by atoms with van der Waals surface area (Å²) in [6.45, 7) is 6.16. The zero-order valence-corrected chi connectivity index (χ0v) is 36.1. The van der Waals surface area contributed by atoms with Crippen LogP contribution >= 0.6 is 0 Å². The maximum Gasteiger partial charge on any atom is 0.335 e. The monoisotopic (exact) mass is 946 g/mol. The molecule has 5 rings (SSSR count). The van der Waals surface area contributed by atoms with Gasteiger partial charge in [0, 0.05) is 20.8 Å². The first kappa shape index (κ1) is 53.0. The van der Waals surface area contributed by atoms with Crippen LogP contribution in [0.1, 0.15) is 41.5 Å². The van der Waals surface area contributed by atoms with E-state index < -0.39 is 190 Å². The van der Waals surface area contributed by atoms with Crippen LogP contribution in [0.4, 0.5) is 0 Å². The second kappa shape index (κ2) is 22.5. The van der Waals surface area contributed by atoms with Crippen LogP contribution in [0.15, 0.2) is 0 Å². The summed E-state index contributed by atoms with van der Waals surface area (Å²) < 4.78 is 59.6. The molecule has 65 heavy (non-hydrogen) atoms. The first-order valence-electron chi connectivity index (χ1n) is 20.8. The fourth-order valence-corrected chi connectivity index (χ4v) is 8.28. The third-order valence-corrected chi connectivity index (χ3v) is 11.6. The Kier molecular flexibility index (Phi) is 18.3. The van der Waals surface area contributed by atoms with Crippen molar-refractivity contribution in [2.24, 2.45) is 5.73 Å². The standard InChI is InChI=1S/C37H62N4O24/c1-9-19(46)22(49)16(39-12(4)43)34(58-9)65-31-25(52)24(51)30(32(54)55)64-37(31)63-29-18(41-14(6)45)35(62-28-17(40-13(5)44)33(56-8-38)57-10(2)20(28)47)59-11(3)27(29)61-36-26(53)23(50)21(48)15(7-42)60-36/h9-11,15-31,33-37,42,46-53H,7-8,38H2,1-6H3,(H,39,43)(H,40,44)(H,41,45)(H,54,55)/t9-,10?,11-,15?,16?,17?,18?,19+,20+,21+,22+,23-,24-,25-,26?,27+,28+,29+,30?,31?,33+,34-,35-,36-,37+/m0/s1. The molecular formula is C37H62N4O24. The largest absolute Gasteiger partial charge is 0.479 e. The Morgan fingerprint density at radius 3 is 1.55 bits per heavy atom. The zero-order chi connectivity index (χ0) is 48.3. The van der Waals surface area contributed by atoms with Gasteiger partial charge in [0.25, 0.3) is 0 Å². The van der Waals surface area contributed by atoms with Gasteiger partial charge in [-0.1, -0.05) is 0 Å². The molecule has 8 unspecified atom stereocenters. The van der Waals surface area contributed by atoms with Crippen LogP contribution in [0, 0.1) is 0 Å². The van der Waals surface area contributed by atoms with Crippen LogP contribution in [-0.2, 0) is 66.5 Å². The van der Waals surface area contributed by atoms with E-state index in [1.807, 2.05) is 0 Å². The van der Waals surface area contributed by atoms with Crippen LogP contribution in [0.25, 0.3) is 0 Å². The molecule has 5 aliphatic heterocycles. The predicted octanol–water partition coefficient (Wildman–Crippen LogP) is -8.38. The van der Waals surface area contributed by atoms with Gasteiger partial charge < -0.3 is 120 Å². The van der Waals surface area contributed by atoms with Crippen molar-refractivity contribution in [3.8, 4) is 0 Å². The topological polar surface area (TPSA) is 425 Å². The third-order valence-electron chi connectivity index (χ3n) is 11.6. The molecule has 0 aromatic heterocycles. The number of aliphatic hydroxyl groups excluding tert-OH is 9. The molecule has 0 aliphatic carbocycles. The zero-order valence-electron chi connectivity index (χ0n) is 36.1. The highest BCUT2D eigenvalue weighted by atomic mass is 16.8. The Morgan fingerprint density at radius 2 is 0.985 bits per heavy atom. The van der Waals surface area contributed by atoms with E-state index in [9.17, 15) is 70.2 Å².